The molecule has 2 aromatic heterocycles. The van der Waals surface area contributed by atoms with Crippen molar-refractivity contribution >= 4 is 16.7 Å². The minimum Gasteiger partial charge on any atom is -0.364 e. The van der Waals surface area contributed by atoms with Gasteiger partial charge in [-0.1, -0.05) is 12.1 Å². The van der Waals surface area contributed by atoms with Crippen LogP contribution in [-0.4, -0.2) is 44.8 Å². The molecular weight excluding hydrogens is 369 g/mol. The molecule has 1 aliphatic rings. The summed E-state index contributed by atoms with van der Waals surface area (Å²) < 4.78 is 15.0. The lowest BCUT2D eigenvalue weighted by atomic mass is 9.88. The first-order valence-electron chi connectivity index (χ1n) is 10.0. The number of benzene rings is 1. The standard InChI is InChI=1S/C22H28FN5O/c1-14-13-28(22(3,4)16-6-8-17(23)9-7-16)15(2)12-27(14)18-10-20(29)26(5)19-11-24-25-21(18)19/h6-11,14-15H,12-13H2,1-5H3,(H,24,25)/t14-,15+/m0/s1. The van der Waals surface area contributed by atoms with Gasteiger partial charge in [-0.15, -0.1) is 0 Å². The van der Waals surface area contributed by atoms with Gasteiger partial charge >= 0.3 is 0 Å². The van der Waals surface area contributed by atoms with Crippen LogP contribution < -0.4 is 10.5 Å². The van der Waals surface area contributed by atoms with Crippen molar-refractivity contribution in [2.75, 3.05) is 18.0 Å². The Morgan fingerprint density at radius 1 is 1.14 bits per heavy atom. The maximum Gasteiger partial charge on any atom is 0.252 e. The summed E-state index contributed by atoms with van der Waals surface area (Å²) in [6.45, 7) is 10.3. The average molecular weight is 397 g/mol. The van der Waals surface area contributed by atoms with E-state index in [0.29, 0.717) is 0 Å². The number of piperazine rings is 1. The second-order valence-corrected chi connectivity index (χ2v) is 8.61. The molecule has 4 rings (SSSR count). The van der Waals surface area contributed by atoms with Gasteiger partial charge in [0.1, 0.15) is 11.3 Å². The van der Waals surface area contributed by atoms with E-state index in [1.165, 1.54) is 12.1 Å². The van der Waals surface area contributed by atoms with Crippen LogP contribution in [-0.2, 0) is 12.6 Å². The number of hydrogen-bond donors (Lipinski definition) is 1. The zero-order valence-corrected chi connectivity index (χ0v) is 17.6. The molecule has 2 atom stereocenters. The topological polar surface area (TPSA) is 57.2 Å². The van der Waals surface area contributed by atoms with Gasteiger partial charge in [0.2, 0.25) is 0 Å². The fourth-order valence-electron chi connectivity index (χ4n) is 4.61. The normalized spacial score (nSPS) is 21.1. The molecule has 0 amide bonds. The van der Waals surface area contributed by atoms with Gasteiger partial charge in [0.05, 0.1) is 11.2 Å². The first-order chi connectivity index (χ1) is 13.7. The van der Waals surface area contributed by atoms with Crippen molar-refractivity contribution in [1.82, 2.24) is 19.7 Å². The fraction of sp³-hybridized carbons (Fsp3) is 0.455. The van der Waals surface area contributed by atoms with Crippen molar-refractivity contribution in [3.05, 3.63) is 58.3 Å². The minimum absolute atomic E-state index is 0.0391. The molecule has 1 aliphatic heterocycles. The maximum absolute atomic E-state index is 13.4. The molecule has 1 N–H and O–H groups in total. The molecule has 3 heterocycles. The summed E-state index contributed by atoms with van der Waals surface area (Å²) in [4.78, 5) is 17.2. The van der Waals surface area contributed by atoms with Crippen LogP contribution in [0.5, 0.6) is 0 Å². The van der Waals surface area contributed by atoms with Crippen LogP contribution in [0.15, 0.2) is 41.3 Å². The van der Waals surface area contributed by atoms with E-state index >= 15 is 0 Å². The highest BCUT2D eigenvalue weighted by Crippen LogP contribution is 2.35. The number of aryl methyl sites for hydroxylation is 1. The van der Waals surface area contributed by atoms with Crippen molar-refractivity contribution in [1.29, 1.82) is 0 Å². The van der Waals surface area contributed by atoms with E-state index < -0.39 is 0 Å². The number of halogens is 1. The average Bonchev–Trinajstić information content (AvgIpc) is 3.17. The quantitative estimate of drug-likeness (QED) is 0.737. The summed E-state index contributed by atoms with van der Waals surface area (Å²) in [6, 6.07) is 8.90. The predicted molar refractivity (Wildman–Crippen MR) is 114 cm³/mol. The first kappa shape index (κ1) is 19.6. The van der Waals surface area contributed by atoms with E-state index in [-0.39, 0.29) is 29.0 Å². The number of fused-ring (bicyclic) bond motifs is 1. The highest BCUT2D eigenvalue weighted by atomic mass is 19.1. The number of nitrogens with zero attached hydrogens (tertiary/aromatic N) is 4. The Kier molecular flexibility index (Phi) is 4.73. The van der Waals surface area contributed by atoms with E-state index in [0.717, 1.165) is 35.4 Å². The highest BCUT2D eigenvalue weighted by Gasteiger charge is 2.39. The second kappa shape index (κ2) is 6.99. The Bertz CT molecular complexity index is 1080. The number of aromatic amines is 1. The molecule has 0 saturated carbocycles. The van der Waals surface area contributed by atoms with Crippen molar-refractivity contribution in [3.8, 4) is 0 Å². The highest BCUT2D eigenvalue weighted by molar-refractivity contribution is 5.88. The molecular formula is C22H28FN5O. The molecule has 0 radical (unpaired) electrons. The summed E-state index contributed by atoms with van der Waals surface area (Å²) in [6.07, 6.45) is 1.77. The lowest BCUT2D eigenvalue weighted by Crippen LogP contribution is -2.61. The Hall–Kier alpha value is -2.67. The van der Waals surface area contributed by atoms with Crippen LogP contribution in [0.2, 0.25) is 0 Å². The van der Waals surface area contributed by atoms with Gasteiger partial charge in [0, 0.05) is 50.0 Å². The molecule has 3 aromatic rings. The van der Waals surface area contributed by atoms with Gasteiger partial charge in [0.25, 0.3) is 5.56 Å². The van der Waals surface area contributed by atoms with E-state index in [9.17, 15) is 9.18 Å². The number of anilines is 1. The van der Waals surface area contributed by atoms with E-state index in [1.54, 1.807) is 23.9 Å². The third-order valence-electron chi connectivity index (χ3n) is 6.38. The van der Waals surface area contributed by atoms with E-state index in [1.807, 2.05) is 12.1 Å². The number of aromatic nitrogens is 3. The molecule has 1 aromatic carbocycles. The molecule has 6 nitrogen and oxygen atoms in total. The molecule has 29 heavy (non-hydrogen) atoms. The molecule has 1 fully saturated rings. The zero-order valence-electron chi connectivity index (χ0n) is 17.6. The Labute approximate surface area is 169 Å². The third kappa shape index (κ3) is 3.23. The van der Waals surface area contributed by atoms with Crippen molar-refractivity contribution in [2.45, 2.75) is 45.3 Å². The van der Waals surface area contributed by atoms with Gasteiger partial charge in [-0.05, 0) is 45.4 Å². The van der Waals surface area contributed by atoms with Crippen LogP contribution in [0, 0.1) is 5.82 Å². The molecule has 7 heteroatoms. The van der Waals surface area contributed by atoms with Crippen LogP contribution in [0.4, 0.5) is 10.1 Å². The fourth-order valence-corrected chi connectivity index (χ4v) is 4.61. The Morgan fingerprint density at radius 3 is 2.52 bits per heavy atom. The monoisotopic (exact) mass is 397 g/mol. The van der Waals surface area contributed by atoms with Crippen LogP contribution in [0.3, 0.4) is 0 Å². The van der Waals surface area contributed by atoms with Crippen molar-refractivity contribution < 1.29 is 4.39 Å². The van der Waals surface area contributed by atoms with Gasteiger partial charge in [-0.25, -0.2) is 4.39 Å². The van der Waals surface area contributed by atoms with Gasteiger partial charge < -0.3 is 9.47 Å². The largest absolute Gasteiger partial charge is 0.364 e. The van der Waals surface area contributed by atoms with E-state index in [2.05, 4.69) is 47.7 Å². The molecule has 0 aliphatic carbocycles. The van der Waals surface area contributed by atoms with Crippen molar-refractivity contribution in [2.24, 2.45) is 7.05 Å². The number of hydrogen-bond acceptors (Lipinski definition) is 4. The minimum atomic E-state index is -0.234. The molecule has 0 spiro atoms. The SMILES string of the molecule is C[C@@H]1CN(c2cc(=O)n(C)c3c[nH]nc23)[C@@H](C)CN1C(C)(C)c1ccc(F)cc1. The predicted octanol–water partition coefficient (Wildman–Crippen LogP) is 3.24. The first-order valence-corrected chi connectivity index (χ1v) is 10.0. The van der Waals surface area contributed by atoms with Gasteiger partial charge in [-0.3, -0.25) is 14.8 Å². The summed E-state index contributed by atoms with van der Waals surface area (Å²) in [5.41, 5.74) is 3.32. The van der Waals surface area contributed by atoms with Crippen molar-refractivity contribution in [3.63, 3.8) is 0 Å². The van der Waals surface area contributed by atoms with Crippen LogP contribution in [0.25, 0.3) is 11.0 Å². The van der Waals surface area contributed by atoms with Gasteiger partial charge in [-0.2, -0.15) is 5.10 Å². The summed E-state index contributed by atoms with van der Waals surface area (Å²) in [5, 5.41) is 7.30. The summed E-state index contributed by atoms with van der Waals surface area (Å²) in [5.74, 6) is -0.218. The van der Waals surface area contributed by atoms with Crippen LogP contribution >= 0.6 is 0 Å². The van der Waals surface area contributed by atoms with Gasteiger partial charge in [0.15, 0.2) is 0 Å². The summed E-state index contributed by atoms with van der Waals surface area (Å²) in [7, 11) is 1.76. The van der Waals surface area contributed by atoms with E-state index in [4.69, 9.17) is 0 Å². The number of H-pyrrole nitrogens is 1. The maximum atomic E-state index is 13.4. The molecule has 154 valence electrons. The Balaban J connectivity index is 1.67. The number of rotatable bonds is 3. The molecule has 0 unspecified atom stereocenters. The number of nitrogens with one attached hydrogen (secondary N) is 1. The third-order valence-corrected chi connectivity index (χ3v) is 6.38. The lowest BCUT2D eigenvalue weighted by Gasteiger charge is -2.51. The Morgan fingerprint density at radius 2 is 1.83 bits per heavy atom. The second-order valence-electron chi connectivity index (χ2n) is 8.61. The number of pyridine rings is 1. The lowest BCUT2D eigenvalue weighted by molar-refractivity contribution is 0.0506. The van der Waals surface area contributed by atoms with Crippen LogP contribution in [0.1, 0.15) is 33.3 Å². The molecule has 1 saturated heterocycles. The molecule has 0 bridgehead atoms. The smallest absolute Gasteiger partial charge is 0.252 e. The summed E-state index contributed by atoms with van der Waals surface area (Å²) >= 11 is 0. The zero-order chi connectivity index (χ0) is 20.9.